The molecule has 2 unspecified atom stereocenters. The fraction of sp³-hybridized carbons (Fsp3) is 0.312. The van der Waals surface area contributed by atoms with E-state index in [4.69, 9.17) is 9.47 Å². The number of carbonyl (C=O) groups excluding carboxylic acids is 1. The van der Waals surface area contributed by atoms with Crippen molar-refractivity contribution in [2.75, 3.05) is 0 Å². The van der Waals surface area contributed by atoms with Gasteiger partial charge < -0.3 is 9.47 Å². The summed E-state index contributed by atoms with van der Waals surface area (Å²) in [5.74, 6) is 0.530. The first-order valence-electron chi connectivity index (χ1n) is 6.65. The van der Waals surface area contributed by atoms with Gasteiger partial charge in [0.25, 0.3) is 0 Å². The van der Waals surface area contributed by atoms with Gasteiger partial charge in [0.2, 0.25) is 0 Å². The molecule has 2 atom stereocenters. The predicted molar refractivity (Wildman–Crippen MR) is 78.9 cm³/mol. The van der Waals surface area contributed by atoms with Crippen molar-refractivity contribution >= 4 is 21.9 Å². The normalized spacial score (nSPS) is 27.4. The molecule has 1 saturated heterocycles. The Labute approximate surface area is 126 Å². The Morgan fingerprint density at radius 1 is 1.25 bits per heavy atom. The van der Waals surface area contributed by atoms with E-state index in [9.17, 15) is 4.79 Å². The van der Waals surface area contributed by atoms with Crippen LogP contribution in [0.3, 0.4) is 0 Å². The topological polar surface area (TPSA) is 35.5 Å². The Morgan fingerprint density at radius 3 is 2.65 bits per heavy atom. The second-order valence-corrected chi connectivity index (χ2v) is 6.01. The lowest BCUT2D eigenvalue weighted by Crippen LogP contribution is -2.00. The van der Waals surface area contributed by atoms with Crippen LogP contribution in [-0.2, 0) is 14.3 Å². The summed E-state index contributed by atoms with van der Waals surface area (Å²) < 4.78 is 12.0. The van der Waals surface area contributed by atoms with Crippen molar-refractivity contribution in [1.29, 1.82) is 0 Å². The molecule has 0 spiro atoms. The first-order valence-corrected chi connectivity index (χ1v) is 7.45. The SMILES string of the molecule is CC1CC=C(/C=C2/CC(c3ccc(Br)cc3)OC2=O)O1. The predicted octanol–water partition coefficient (Wildman–Crippen LogP) is 4.06. The van der Waals surface area contributed by atoms with Crippen molar-refractivity contribution in [3.05, 3.63) is 57.8 Å². The molecule has 1 fully saturated rings. The summed E-state index contributed by atoms with van der Waals surface area (Å²) in [6, 6.07) is 7.85. The molecule has 2 aliphatic heterocycles. The highest BCUT2D eigenvalue weighted by Gasteiger charge is 2.30. The summed E-state index contributed by atoms with van der Waals surface area (Å²) in [6.07, 6.45) is 5.31. The number of allylic oxidation sites excluding steroid dienone is 1. The quantitative estimate of drug-likeness (QED) is 0.604. The van der Waals surface area contributed by atoms with Gasteiger partial charge in [-0.1, -0.05) is 28.1 Å². The number of carbonyl (C=O) groups is 1. The minimum Gasteiger partial charge on any atom is -0.491 e. The van der Waals surface area contributed by atoms with Crippen LogP contribution in [-0.4, -0.2) is 12.1 Å². The van der Waals surface area contributed by atoms with Gasteiger partial charge in [0, 0.05) is 22.9 Å². The number of esters is 1. The van der Waals surface area contributed by atoms with Gasteiger partial charge in [-0.3, -0.25) is 0 Å². The summed E-state index contributed by atoms with van der Waals surface area (Å²) in [4.78, 5) is 11.9. The highest BCUT2D eigenvalue weighted by molar-refractivity contribution is 9.10. The first-order chi connectivity index (χ1) is 9.61. The van der Waals surface area contributed by atoms with E-state index < -0.39 is 0 Å². The summed E-state index contributed by atoms with van der Waals surface area (Å²) in [6.45, 7) is 2.01. The van der Waals surface area contributed by atoms with Gasteiger partial charge in [0.05, 0.1) is 6.10 Å². The first kappa shape index (κ1) is 13.4. The van der Waals surface area contributed by atoms with Crippen molar-refractivity contribution < 1.29 is 14.3 Å². The van der Waals surface area contributed by atoms with E-state index in [1.54, 1.807) is 0 Å². The molecule has 104 valence electrons. The molecule has 0 saturated carbocycles. The highest BCUT2D eigenvalue weighted by atomic mass is 79.9. The van der Waals surface area contributed by atoms with Crippen LogP contribution in [0.15, 0.2) is 52.2 Å². The fourth-order valence-corrected chi connectivity index (χ4v) is 2.65. The monoisotopic (exact) mass is 334 g/mol. The number of hydrogen-bond donors (Lipinski definition) is 0. The molecule has 0 aromatic heterocycles. The van der Waals surface area contributed by atoms with Gasteiger partial charge in [-0.25, -0.2) is 4.79 Å². The molecule has 1 aromatic carbocycles. The minimum atomic E-state index is -0.248. The zero-order valence-corrected chi connectivity index (χ0v) is 12.7. The lowest BCUT2D eigenvalue weighted by atomic mass is 10.0. The largest absolute Gasteiger partial charge is 0.491 e. The molecule has 3 rings (SSSR count). The van der Waals surface area contributed by atoms with Gasteiger partial charge in [-0.15, -0.1) is 0 Å². The maximum absolute atomic E-state index is 11.9. The average molecular weight is 335 g/mol. The van der Waals surface area contributed by atoms with E-state index >= 15 is 0 Å². The molecule has 0 N–H and O–H groups in total. The third-order valence-corrected chi connectivity index (χ3v) is 3.99. The average Bonchev–Trinajstić information content (AvgIpc) is 2.98. The standard InChI is InChI=1S/C16H15BrO3/c1-10-2-7-14(19-10)8-12-9-15(20-16(12)18)11-3-5-13(17)6-4-11/h3-8,10,15H,2,9H2,1H3/b12-8-. The number of cyclic esters (lactones) is 1. The summed E-state index contributed by atoms with van der Waals surface area (Å²) >= 11 is 3.40. The van der Waals surface area contributed by atoms with Crippen molar-refractivity contribution in [1.82, 2.24) is 0 Å². The van der Waals surface area contributed by atoms with Gasteiger partial charge >= 0.3 is 5.97 Å². The minimum absolute atomic E-state index is 0.193. The maximum atomic E-state index is 11.9. The maximum Gasteiger partial charge on any atom is 0.334 e. The summed E-state index contributed by atoms with van der Waals surface area (Å²) in [5, 5.41) is 0. The van der Waals surface area contributed by atoms with Crippen LogP contribution < -0.4 is 0 Å². The van der Waals surface area contributed by atoms with Gasteiger partial charge in [0.15, 0.2) is 0 Å². The number of benzene rings is 1. The van der Waals surface area contributed by atoms with Crippen LogP contribution in [0, 0.1) is 0 Å². The fourth-order valence-electron chi connectivity index (χ4n) is 2.39. The van der Waals surface area contributed by atoms with Crippen LogP contribution >= 0.6 is 15.9 Å². The molecule has 2 aliphatic rings. The van der Waals surface area contributed by atoms with Crippen LogP contribution in [0.1, 0.15) is 31.4 Å². The molecular formula is C16H15BrO3. The molecule has 20 heavy (non-hydrogen) atoms. The van der Waals surface area contributed by atoms with Gasteiger partial charge in [-0.05, 0) is 36.8 Å². The molecule has 2 heterocycles. The summed E-state index contributed by atoms with van der Waals surface area (Å²) in [5.41, 5.74) is 1.69. The number of ether oxygens (including phenoxy) is 2. The second-order valence-electron chi connectivity index (χ2n) is 5.09. The van der Waals surface area contributed by atoms with E-state index in [-0.39, 0.29) is 18.2 Å². The third kappa shape index (κ3) is 2.80. The molecule has 0 bridgehead atoms. The lowest BCUT2D eigenvalue weighted by molar-refractivity contribution is -0.139. The lowest BCUT2D eigenvalue weighted by Gasteiger charge is -2.08. The van der Waals surface area contributed by atoms with Crippen molar-refractivity contribution in [3.63, 3.8) is 0 Å². The molecule has 0 amide bonds. The zero-order chi connectivity index (χ0) is 14.1. The third-order valence-electron chi connectivity index (χ3n) is 3.46. The summed E-state index contributed by atoms with van der Waals surface area (Å²) in [7, 11) is 0. The van der Waals surface area contributed by atoms with Gasteiger partial charge in [-0.2, -0.15) is 0 Å². The van der Waals surface area contributed by atoms with Crippen molar-refractivity contribution in [2.24, 2.45) is 0 Å². The smallest absolute Gasteiger partial charge is 0.334 e. The Bertz CT molecular complexity index is 586. The van der Waals surface area contributed by atoms with E-state index in [1.807, 2.05) is 43.3 Å². The Kier molecular flexibility index (Phi) is 3.66. The van der Waals surface area contributed by atoms with E-state index in [0.717, 1.165) is 22.2 Å². The van der Waals surface area contributed by atoms with E-state index in [2.05, 4.69) is 15.9 Å². The van der Waals surface area contributed by atoms with E-state index in [0.29, 0.717) is 12.0 Å². The molecular weight excluding hydrogens is 320 g/mol. The zero-order valence-electron chi connectivity index (χ0n) is 11.1. The Balaban J connectivity index is 1.75. The van der Waals surface area contributed by atoms with Crippen LogP contribution in [0.2, 0.25) is 0 Å². The molecule has 3 nitrogen and oxygen atoms in total. The van der Waals surface area contributed by atoms with E-state index in [1.165, 1.54) is 0 Å². The Hall–Kier alpha value is -1.55. The van der Waals surface area contributed by atoms with Crippen molar-refractivity contribution in [3.8, 4) is 0 Å². The number of hydrogen-bond acceptors (Lipinski definition) is 3. The number of rotatable bonds is 2. The molecule has 4 heteroatoms. The van der Waals surface area contributed by atoms with Crippen molar-refractivity contribution in [2.45, 2.75) is 32.0 Å². The molecule has 0 aliphatic carbocycles. The highest BCUT2D eigenvalue weighted by Crippen LogP contribution is 2.34. The molecule has 1 aromatic rings. The molecule has 0 radical (unpaired) electrons. The number of halogens is 1. The van der Waals surface area contributed by atoms with Crippen LogP contribution in [0.5, 0.6) is 0 Å². The van der Waals surface area contributed by atoms with Gasteiger partial charge in [0.1, 0.15) is 11.9 Å². The van der Waals surface area contributed by atoms with Crippen LogP contribution in [0.4, 0.5) is 0 Å². The Morgan fingerprint density at radius 2 is 2.00 bits per heavy atom. The van der Waals surface area contributed by atoms with Crippen LogP contribution in [0.25, 0.3) is 0 Å². The second kappa shape index (κ2) is 5.44.